The lowest BCUT2D eigenvalue weighted by Crippen LogP contribution is -2.36. The van der Waals surface area contributed by atoms with Crippen molar-refractivity contribution in [1.82, 2.24) is 24.3 Å². The second kappa shape index (κ2) is 15.1. The number of nitrogens with zero attached hydrogens (tertiary/aromatic N) is 5. The van der Waals surface area contributed by atoms with Crippen LogP contribution in [0.25, 0.3) is 27.8 Å². The van der Waals surface area contributed by atoms with Gasteiger partial charge >= 0.3 is 0 Å². The van der Waals surface area contributed by atoms with Crippen molar-refractivity contribution in [3.63, 3.8) is 0 Å². The van der Waals surface area contributed by atoms with Gasteiger partial charge in [-0.2, -0.15) is 0 Å². The molecular formula is C39H44ClN7O3S. The smallest absolute Gasteiger partial charge is 0.250 e. The average Bonchev–Trinajstić information content (AvgIpc) is 3.55. The minimum Gasteiger partial charge on any atom is -0.489 e. The zero-order chi connectivity index (χ0) is 35.6. The number of piperidine rings is 2. The van der Waals surface area contributed by atoms with E-state index >= 15 is 0 Å². The second-order valence-electron chi connectivity index (χ2n) is 13.7. The van der Waals surface area contributed by atoms with Crippen LogP contribution < -0.4 is 20.5 Å². The van der Waals surface area contributed by atoms with Gasteiger partial charge in [0.05, 0.1) is 32.2 Å². The number of carbonyl (C=O) groups excluding carboxylic acids is 1. The number of fused-ring (bicyclic) bond motifs is 1. The van der Waals surface area contributed by atoms with Crippen LogP contribution >= 0.6 is 24.2 Å². The van der Waals surface area contributed by atoms with Crippen LogP contribution in [0.3, 0.4) is 0 Å². The number of hydrogen-bond acceptors (Lipinski definition) is 9. The molecule has 2 aliphatic heterocycles. The van der Waals surface area contributed by atoms with Crippen LogP contribution in [0.15, 0.2) is 78.1 Å². The fraction of sp³-hybridized carbons (Fsp3) is 0.359. The molecule has 3 aromatic carbocycles. The molecular weight excluding hydrogens is 682 g/mol. The first-order valence-corrected chi connectivity index (χ1v) is 18.3. The van der Waals surface area contributed by atoms with E-state index in [1.807, 2.05) is 66.2 Å². The van der Waals surface area contributed by atoms with Gasteiger partial charge in [0, 0.05) is 42.5 Å². The summed E-state index contributed by atoms with van der Waals surface area (Å²) in [6.07, 6.45) is 7.36. The quantitative estimate of drug-likeness (QED) is 0.129. The summed E-state index contributed by atoms with van der Waals surface area (Å²) in [5.41, 5.74) is 11.2. The molecule has 0 saturated carbocycles. The molecule has 266 valence electrons. The van der Waals surface area contributed by atoms with Crippen LogP contribution in [0.4, 0.5) is 5.82 Å². The predicted octanol–water partition coefficient (Wildman–Crippen LogP) is 7.25. The molecule has 0 bridgehead atoms. The lowest BCUT2D eigenvalue weighted by Gasteiger charge is -2.30. The van der Waals surface area contributed by atoms with Gasteiger partial charge < -0.3 is 30.3 Å². The highest BCUT2D eigenvalue weighted by Gasteiger charge is 2.23. The maximum absolute atomic E-state index is 12.6. The van der Waals surface area contributed by atoms with Crippen LogP contribution in [0, 0.1) is 0 Å². The van der Waals surface area contributed by atoms with Crippen molar-refractivity contribution >= 4 is 47.0 Å². The number of ether oxygens (including phenoxy) is 2. The summed E-state index contributed by atoms with van der Waals surface area (Å²) in [7, 11) is 4.28. The number of nitrogens with one attached hydrogen (secondary N) is 1. The SMILES string of the molecule is C[C@@H](Oc1cc(-n2cnc3cc(-c4ccc(NC5CCN(C)CC5)nc4)ccc32)cc(C(N)=O)c1S)c1cccc(OC2CCN(C)CC2)c1Cl. The van der Waals surface area contributed by atoms with Crippen LogP contribution in [0.1, 0.15) is 54.6 Å². The summed E-state index contributed by atoms with van der Waals surface area (Å²) >= 11 is 11.6. The highest BCUT2D eigenvalue weighted by Crippen LogP contribution is 2.39. The van der Waals surface area contributed by atoms with E-state index in [1.165, 1.54) is 0 Å². The number of rotatable bonds is 10. The van der Waals surface area contributed by atoms with E-state index in [0.717, 1.165) is 85.4 Å². The minimum atomic E-state index is -0.612. The fourth-order valence-corrected chi connectivity index (χ4v) is 7.51. The largest absolute Gasteiger partial charge is 0.489 e. The van der Waals surface area contributed by atoms with Crippen molar-refractivity contribution in [2.75, 3.05) is 45.6 Å². The Labute approximate surface area is 309 Å². The average molecular weight is 726 g/mol. The van der Waals surface area contributed by atoms with E-state index < -0.39 is 12.0 Å². The van der Waals surface area contributed by atoms with E-state index in [0.29, 0.717) is 33.1 Å². The van der Waals surface area contributed by atoms with Gasteiger partial charge in [-0.1, -0.05) is 29.8 Å². The number of hydrogen-bond donors (Lipinski definition) is 3. The van der Waals surface area contributed by atoms with E-state index in [4.69, 9.17) is 36.8 Å². The zero-order valence-corrected chi connectivity index (χ0v) is 30.8. The third-order valence-electron chi connectivity index (χ3n) is 10.0. The number of pyridine rings is 1. The number of amides is 1. The van der Waals surface area contributed by atoms with Crippen LogP contribution in [-0.4, -0.2) is 82.7 Å². The lowest BCUT2D eigenvalue weighted by atomic mass is 10.1. The van der Waals surface area contributed by atoms with Gasteiger partial charge in [0.1, 0.15) is 35.9 Å². The number of anilines is 1. The Hall–Kier alpha value is -4.29. The molecule has 4 heterocycles. The van der Waals surface area contributed by atoms with Gasteiger partial charge in [-0.25, -0.2) is 9.97 Å². The molecule has 0 unspecified atom stereocenters. The molecule has 1 amide bonds. The third-order valence-corrected chi connectivity index (χ3v) is 10.9. The number of imidazole rings is 1. The number of benzene rings is 3. The predicted molar refractivity (Wildman–Crippen MR) is 206 cm³/mol. The number of nitrogens with two attached hydrogens (primary N) is 1. The van der Waals surface area contributed by atoms with Crippen molar-refractivity contribution in [2.24, 2.45) is 5.73 Å². The Balaban J connectivity index is 1.11. The first kappa shape index (κ1) is 35.1. The summed E-state index contributed by atoms with van der Waals surface area (Å²) in [5.74, 6) is 1.31. The Morgan fingerprint density at radius 3 is 2.37 bits per heavy atom. The van der Waals surface area contributed by atoms with Crippen molar-refractivity contribution in [3.8, 4) is 28.3 Å². The minimum absolute atomic E-state index is 0.110. The van der Waals surface area contributed by atoms with Crippen LogP contribution in [-0.2, 0) is 0 Å². The number of primary amides is 1. The summed E-state index contributed by atoms with van der Waals surface area (Å²) in [6, 6.07) is 19.9. The molecule has 0 radical (unpaired) electrons. The lowest BCUT2D eigenvalue weighted by molar-refractivity contribution is 0.0996. The Morgan fingerprint density at radius 1 is 0.941 bits per heavy atom. The van der Waals surface area contributed by atoms with Gasteiger partial charge in [0.25, 0.3) is 0 Å². The monoisotopic (exact) mass is 725 g/mol. The van der Waals surface area contributed by atoms with Gasteiger partial charge in [-0.05, 0) is 102 Å². The van der Waals surface area contributed by atoms with E-state index in [-0.39, 0.29) is 11.7 Å². The molecule has 2 fully saturated rings. The van der Waals surface area contributed by atoms with Crippen LogP contribution in [0.5, 0.6) is 11.5 Å². The van der Waals surface area contributed by atoms with Crippen molar-refractivity contribution in [3.05, 3.63) is 89.3 Å². The Morgan fingerprint density at radius 2 is 1.67 bits per heavy atom. The maximum Gasteiger partial charge on any atom is 0.250 e. The van der Waals surface area contributed by atoms with Crippen molar-refractivity contribution in [2.45, 2.75) is 55.8 Å². The number of aromatic nitrogens is 3. The standard InChI is InChI=1S/C39H44ClN7O3S/c1-24(30-5-4-6-34(37(30)40)50-29-13-17-46(3)18-14-29)49-35-21-28(20-31(38(35)51)39(41)48)47-23-43-32-19-25(7-9-33(32)47)26-8-10-36(42-22-26)44-27-11-15-45(2)16-12-27/h4-10,19-24,27,29,51H,11-18H2,1-3H3,(H2,41,48)(H,42,44)/t24-/m1/s1. The second-order valence-corrected chi connectivity index (χ2v) is 14.5. The molecule has 0 aliphatic carbocycles. The Kier molecular flexibility index (Phi) is 10.4. The molecule has 2 saturated heterocycles. The van der Waals surface area contributed by atoms with E-state index in [2.05, 4.69) is 47.9 Å². The molecule has 2 aliphatic rings. The molecule has 51 heavy (non-hydrogen) atoms. The van der Waals surface area contributed by atoms with E-state index in [1.54, 1.807) is 12.4 Å². The topological polar surface area (TPSA) is 111 Å². The maximum atomic E-state index is 12.6. The molecule has 10 nitrogen and oxygen atoms in total. The molecule has 12 heteroatoms. The molecule has 1 atom stereocenters. The highest BCUT2D eigenvalue weighted by atomic mass is 35.5. The Bertz CT molecular complexity index is 2020. The fourth-order valence-electron chi connectivity index (χ4n) is 6.89. The summed E-state index contributed by atoms with van der Waals surface area (Å²) in [4.78, 5) is 27.0. The molecule has 0 spiro atoms. The molecule has 5 aromatic rings. The summed E-state index contributed by atoms with van der Waals surface area (Å²) < 4.78 is 14.7. The molecule has 3 N–H and O–H groups in total. The van der Waals surface area contributed by atoms with Crippen molar-refractivity contribution < 1.29 is 14.3 Å². The van der Waals surface area contributed by atoms with Crippen LogP contribution in [0.2, 0.25) is 5.02 Å². The third kappa shape index (κ3) is 7.82. The van der Waals surface area contributed by atoms with Crippen molar-refractivity contribution in [1.29, 1.82) is 0 Å². The number of likely N-dealkylation sites (tertiary alicyclic amines) is 2. The van der Waals surface area contributed by atoms with Gasteiger partial charge in [0.2, 0.25) is 5.91 Å². The normalized spacial score (nSPS) is 17.0. The number of thiol groups is 1. The van der Waals surface area contributed by atoms with E-state index in [9.17, 15) is 4.79 Å². The molecule has 7 rings (SSSR count). The first-order chi connectivity index (χ1) is 24.6. The summed E-state index contributed by atoms with van der Waals surface area (Å²) in [5, 5.41) is 4.08. The summed E-state index contributed by atoms with van der Waals surface area (Å²) in [6.45, 7) is 6.07. The van der Waals surface area contributed by atoms with Gasteiger partial charge in [-0.3, -0.25) is 9.36 Å². The molecule has 2 aromatic heterocycles. The van der Waals surface area contributed by atoms with Gasteiger partial charge in [0.15, 0.2) is 0 Å². The van der Waals surface area contributed by atoms with Gasteiger partial charge in [-0.15, -0.1) is 12.6 Å². The highest BCUT2D eigenvalue weighted by molar-refractivity contribution is 7.80. The first-order valence-electron chi connectivity index (χ1n) is 17.5. The zero-order valence-electron chi connectivity index (χ0n) is 29.2. The number of halogens is 1. The number of carbonyl (C=O) groups is 1.